The van der Waals surface area contributed by atoms with Crippen molar-refractivity contribution in [2.24, 2.45) is 0 Å². The van der Waals surface area contributed by atoms with E-state index in [0.29, 0.717) is 13.2 Å². The molecule has 0 fully saturated rings. The maximum absolute atomic E-state index is 12.2. The number of hydrogen-bond donors (Lipinski definition) is 0. The Morgan fingerprint density at radius 3 is 2.36 bits per heavy atom. The fourth-order valence-electron chi connectivity index (χ4n) is 2.39. The molecule has 148 valence electrons. The summed E-state index contributed by atoms with van der Waals surface area (Å²) in [5.74, 6) is -0.0132. The van der Waals surface area contributed by atoms with E-state index in [1.165, 1.54) is 11.0 Å². The Bertz CT molecular complexity index is 800. The number of amides is 1. The average molecular weight is 400 g/mol. The molecule has 6 heteroatoms. The van der Waals surface area contributed by atoms with E-state index in [2.05, 4.69) is 0 Å². The van der Waals surface area contributed by atoms with Crippen molar-refractivity contribution in [2.75, 3.05) is 26.5 Å². The molecule has 2 aromatic rings. The van der Waals surface area contributed by atoms with E-state index in [0.717, 1.165) is 21.8 Å². The van der Waals surface area contributed by atoms with Gasteiger partial charge in [0, 0.05) is 24.6 Å². The zero-order valence-electron chi connectivity index (χ0n) is 16.4. The number of esters is 1. The molecular weight excluding hydrogens is 374 g/mol. The van der Waals surface area contributed by atoms with Crippen LogP contribution in [0.3, 0.4) is 0 Å². The lowest BCUT2D eigenvalue weighted by Gasteiger charge is -2.17. The van der Waals surface area contributed by atoms with Crippen molar-refractivity contribution in [3.8, 4) is 5.75 Å². The number of thioether (sulfide) groups is 1. The first-order chi connectivity index (χ1) is 13.5. The van der Waals surface area contributed by atoms with E-state index >= 15 is 0 Å². The van der Waals surface area contributed by atoms with Gasteiger partial charge in [-0.05, 0) is 54.6 Å². The number of hydrogen-bond acceptors (Lipinski definition) is 5. The molecule has 2 aromatic carbocycles. The number of likely N-dealkylation sites (N-methyl/N-ethyl adjacent to an activating group) is 1. The Morgan fingerprint density at radius 1 is 1.07 bits per heavy atom. The van der Waals surface area contributed by atoms with Gasteiger partial charge >= 0.3 is 5.97 Å². The third-order valence-electron chi connectivity index (χ3n) is 3.95. The zero-order valence-corrected chi connectivity index (χ0v) is 17.2. The second kappa shape index (κ2) is 11.2. The monoisotopic (exact) mass is 399 g/mol. The van der Waals surface area contributed by atoms with E-state index in [4.69, 9.17) is 9.47 Å². The summed E-state index contributed by atoms with van der Waals surface area (Å²) in [7, 11) is 1.68. The van der Waals surface area contributed by atoms with Gasteiger partial charge in [-0.25, -0.2) is 4.79 Å². The highest BCUT2D eigenvalue weighted by molar-refractivity contribution is 7.98. The second-order valence-corrected chi connectivity index (χ2v) is 6.92. The summed E-state index contributed by atoms with van der Waals surface area (Å²) in [6.07, 6.45) is 5.00. The van der Waals surface area contributed by atoms with E-state index in [-0.39, 0.29) is 12.5 Å². The molecule has 0 aliphatic rings. The van der Waals surface area contributed by atoms with E-state index in [9.17, 15) is 9.59 Å². The molecule has 0 saturated heterocycles. The van der Waals surface area contributed by atoms with Crippen LogP contribution in [0.25, 0.3) is 6.08 Å². The Kier molecular flexibility index (Phi) is 8.62. The lowest BCUT2D eigenvalue weighted by Crippen LogP contribution is -2.30. The highest BCUT2D eigenvalue weighted by atomic mass is 32.2. The lowest BCUT2D eigenvalue weighted by molar-refractivity contribution is -0.147. The molecule has 0 bridgehead atoms. The molecule has 0 atom stereocenters. The predicted octanol–water partition coefficient (Wildman–Crippen LogP) is 4.02. The minimum Gasteiger partial charge on any atom is -0.494 e. The van der Waals surface area contributed by atoms with E-state index < -0.39 is 5.97 Å². The number of carbonyl (C=O) groups excluding carboxylic acids is 2. The van der Waals surface area contributed by atoms with Crippen molar-refractivity contribution in [3.63, 3.8) is 0 Å². The molecule has 0 aliphatic carbocycles. The quantitative estimate of drug-likeness (QED) is 0.362. The smallest absolute Gasteiger partial charge is 0.331 e. The Morgan fingerprint density at radius 2 is 1.75 bits per heavy atom. The second-order valence-electron chi connectivity index (χ2n) is 6.04. The molecule has 28 heavy (non-hydrogen) atoms. The van der Waals surface area contributed by atoms with Gasteiger partial charge in [-0.3, -0.25) is 4.79 Å². The highest BCUT2D eigenvalue weighted by Gasteiger charge is 2.11. The fraction of sp³-hybridized carbons (Fsp3) is 0.273. The molecule has 0 aromatic heterocycles. The molecule has 0 unspecified atom stereocenters. The first-order valence-corrected chi connectivity index (χ1v) is 10.2. The van der Waals surface area contributed by atoms with Gasteiger partial charge in [-0.2, -0.15) is 0 Å². The summed E-state index contributed by atoms with van der Waals surface area (Å²) < 4.78 is 10.4. The van der Waals surface area contributed by atoms with Gasteiger partial charge in [0.25, 0.3) is 5.91 Å². The van der Waals surface area contributed by atoms with Gasteiger partial charge in [-0.15, -0.1) is 11.8 Å². The number of ether oxygens (including phenoxy) is 2. The van der Waals surface area contributed by atoms with Crippen molar-refractivity contribution >= 4 is 29.7 Å². The van der Waals surface area contributed by atoms with Crippen molar-refractivity contribution in [1.82, 2.24) is 4.90 Å². The van der Waals surface area contributed by atoms with Crippen molar-refractivity contribution in [1.29, 1.82) is 0 Å². The first-order valence-electron chi connectivity index (χ1n) is 8.96. The summed E-state index contributed by atoms with van der Waals surface area (Å²) in [6, 6.07) is 15.4. The third-order valence-corrected chi connectivity index (χ3v) is 4.69. The van der Waals surface area contributed by atoms with Crippen LogP contribution in [0.1, 0.15) is 18.1 Å². The summed E-state index contributed by atoms with van der Waals surface area (Å²) in [4.78, 5) is 26.7. The Balaban J connectivity index is 1.78. The maximum atomic E-state index is 12.2. The summed E-state index contributed by atoms with van der Waals surface area (Å²) in [5.41, 5.74) is 1.87. The molecule has 0 N–H and O–H groups in total. The molecule has 2 rings (SSSR count). The SMILES string of the molecule is CCOc1ccc(CN(C)C(=O)COC(=O)/C=C/c2ccc(SC)cc2)cc1. The zero-order chi connectivity index (χ0) is 20.4. The topological polar surface area (TPSA) is 55.8 Å². The molecule has 0 aliphatic heterocycles. The van der Waals surface area contributed by atoms with Crippen LogP contribution in [0, 0.1) is 0 Å². The number of benzene rings is 2. The van der Waals surface area contributed by atoms with E-state index in [1.807, 2.05) is 61.7 Å². The first kappa shape index (κ1) is 21.6. The number of carbonyl (C=O) groups is 2. The van der Waals surface area contributed by atoms with Gasteiger partial charge in [0.15, 0.2) is 6.61 Å². The molecule has 5 nitrogen and oxygen atoms in total. The van der Waals surface area contributed by atoms with E-state index in [1.54, 1.807) is 24.9 Å². The standard InChI is InChI=1S/C22H25NO4S/c1-4-26-19-10-5-18(6-11-19)15-23(2)21(24)16-27-22(25)14-9-17-7-12-20(28-3)13-8-17/h5-14H,4,15-16H2,1-3H3/b14-9+. The molecule has 0 spiro atoms. The van der Waals surface area contributed by atoms with Crippen LogP contribution in [-0.4, -0.2) is 43.3 Å². The summed E-state index contributed by atoms with van der Waals surface area (Å²) in [6.45, 7) is 2.68. The van der Waals surface area contributed by atoms with Crippen LogP contribution in [0.2, 0.25) is 0 Å². The van der Waals surface area contributed by atoms with Gasteiger partial charge < -0.3 is 14.4 Å². The van der Waals surface area contributed by atoms with Crippen LogP contribution in [0.15, 0.2) is 59.5 Å². The lowest BCUT2D eigenvalue weighted by atomic mass is 10.2. The van der Waals surface area contributed by atoms with Gasteiger partial charge in [0.05, 0.1) is 6.61 Å². The summed E-state index contributed by atoms with van der Waals surface area (Å²) in [5, 5.41) is 0. The van der Waals surface area contributed by atoms with Crippen LogP contribution in [-0.2, 0) is 20.9 Å². The Hall–Kier alpha value is -2.73. The molecule has 0 radical (unpaired) electrons. The van der Waals surface area contributed by atoms with Crippen LogP contribution in [0.5, 0.6) is 5.75 Å². The molecule has 0 heterocycles. The average Bonchev–Trinajstić information content (AvgIpc) is 2.72. The molecule has 0 saturated carbocycles. The third kappa shape index (κ3) is 7.12. The minimum absolute atomic E-state index is 0.264. The minimum atomic E-state index is -0.545. The van der Waals surface area contributed by atoms with Gasteiger partial charge in [0.2, 0.25) is 0 Å². The summed E-state index contributed by atoms with van der Waals surface area (Å²) >= 11 is 1.66. The van der Waals surface area contributed by atoms with Crippen LogP contribution >= 0.6 is 11.8 Å². The van der Waals surface area contributed by atoms with Crippen LogP contribution < -0.4 is 4.74 Å². The van der Waals surface area contributed by atoms with Crippen molar-refractivity contribution < 1.29 is 19.1 Å². The highest BCUT2D eigenvalue weighted by Crippen LogP contribution is 2.15. The Labute approximate surface area is 170 Å². The maximum Gasteiger partial charge on any atom is 0.331 e. The van der Waals surface area contributed by atoms with Gasteiger partial charge in [0.1, 0.15) is 5.75 Å². The van der Waals surface area contributed by atoms with Crippen molar-refractivity contribution in [3.05, 3.63) is 65.7 Å². The normalized spacial score (nSPS) is 10.7. The fourth-order valence-corrected chi connectivity index (χ4v) is 2.80. The molecular formula is C22H25NO4S. The molecule has 1 amide bonds. The number of nitrogens with zero attached hydrogens (tertiary/aromatic N) is 1. The largest absolute Gasteiger partial charge is 0.494 e. The van der Waals surface area contributed by atoms with Crippen LogP contribution in [0.4, 0.5) is 0 Å². The van der Waals surface area contributed by atoms with Crippen molar-refractivity contribution in [2.45, 2.75) is 18.4 Å². The number of rotatable bonds is 9. The van der Waals surface area contributed by atoms with Gasteiger partial charge in [-0.1, -0.05) is 24.3 Å². The predicted molar refractivity (Wildman–Crippen MR) is 112 cm³/mol.